The van der Waals surface area contributed by atoms with Gasteiger partial charge in [0, 0.05) is 55.9 Å². The van der Waals surface area contributed by atoms with Crippen molar-refractivity contribution in [3.63, 3.8) is 0 Å². The molecule has 300 valence electrons. The molecule has 0 N–H and O–H groups in total. The van der Waals surface area contributed by atoms with Gasteiger partial charge in [0.05, 0.1) is 22.0 Å². The van der Waals surface area contributed by atoms with Crippen LogP contribution in [0, 0.1) is 0 Å². The SMILES string of the molecule is C1=CC2=C(CC1)Oc1ccccc1C21c2ccccc2-c2cc3c4ccccc4n(-c4ccc(-c5nc(-c6ccccc6)nc(-c6cccc7c6oc6ccccc67)n5)cc4)c3cc21. The Balaban J connectivity index is 0.964. The second kappa shape index (κ2) is 13.3. The Morgan fingerprint density at radius 2 is 1.17 bits per heavy atom. The van der Waals surface area contributed by atoms with E-state index in [1.165, 1.54) is 44.2 Å². The van der Waals surface area contributed by atoms with Gasteiger partial charge in [-0.1, -0.05) is 133 Å². The van der Waals surface area contributed by atoms with Gasteiger partial charge < -0.3 is 13.7 Å². The average Bonchev–Trinajstić information content (AvgIpc) is 4.00. The first-order valence-corrected chi connectivity index (χ1v) is 21.9. The molecule has 0 bridgehead atoms. The van der Waals surface area contributed by atoms with Crippen LogP contribution in [0.25, 0.3) is 94.7 Å². The number of hydrogen-bond acceptors (Lipinski definition) is 5. The zero-order valence-electron chi connectivity index (χ0n) is 34.5. The fourth-order valence-electron chi connectivity index (χ4n) is 10.8. The normalized spacial score (nSPS) is 16.1. The molecule has 8 aromatic carbocycles. The largest absolute Gasteiger partial charge is 0.461 e. The third kappa shape index (κ3) is 4.88. The number of furan rings is 1. The third-order valence-corrected chi connectivity index (χ3v) is 13.6. The quantitative estimate of drug-likeness (QED) is 0.177. The van der Waals surface area contributed by atoms with Crippen LogP contribution in [0.3, 0.4) is 0 Å². The van der Waals surface area contributed by atoms with Crippen LogP contribution >= 0.6 is 0 Å². The molecular weight excluding hydrogens is 785 g/mol. The topological polar surface area (TPSA) is 66.0 Å². The zero-order chi connectivity index (χ0) is 41.9. The van der Waals surface area contributed by atoms with Crippen LogP contribution in [0.4, 0.5) is 0 Å². The molecule has 0 saturated carbocycles. The number of rotatable bonds is 4. The summed E-state index contributed by atoms with van der Waals surface area (Å²) in [6.07, 6.45) is 6.48. The monoisotopic (exact) mass is 820 g/mol. The lowest BCUT2D eigenvalue weighted by Gasteiger charge is -2.41. The molecule has 1 unspecified atom stereocenters. The number of para-hydroxylation sites is 4. The summed E-state index contributed by atoms with van der Waals surface area (Å²) in [6.45, 7) is 0. The van der Waals surface area contributed by atoms with Gasteiger partial charge in [0.25, 0.3) is 0 Å². The minimum atomic E-state index is -0.522. The van der Waals surface area contributed by atoms with Crippen molar-refractivity contribution in [2.24, 2.45) is 0 Å². The third-order valence-electron chi connectivity index (χ3n) is 13.6. The van der Waals surface area contributed by atoms with Crippen molar-refractivity contribution < 1.29 is 9.15 Å². The van der Waals surface area contributed by atoms with Crippen molar-refractivity contribution in [2.75, 3.05) is 0 Å². The number of fused-ring (bicyclic) bond motifs is 14. The van der Waals surface area contributed by atoms with Crippen LogP contribution in [0.5, 0.6) is 5.75 Å². The first-order chi connectivity index (χ1) is 31.7. The summed E-state index contributed by atoms with van der Waals surface area (Å²) in [5.74, 6) is 3.74. The van der Waals surface area contributed by atoms with Crippen LogP contribution in [0.15, 0.2) is 210 Å². The maximum Gasteiger partial charge on any atom is 0.167 e. The van der Waals surface area contributed by atoms with E-state index in [4.69, 9.17) is 24.1 Å². The van der Waals surface area contributed by atoms with E-state index in [2.05, 4.69) is 138 Å². The van der Waals surface area contributed by atoms with Crippen LogP contribution in [-0.2, 0) is 5.41 Å². The maximum absolute atomic E-state index is 6.73. The van der Waals surface area contributed by atoms with E-state index in [0.717, 1.165) is 79.7 Å². The van der Waals surface area contributed by atoms with Crippen LogP contribution in [0.2, 0.25) is 0 Å². The van der Waals surface area contributed by atoms with Gasteiger partial charge in [-0.2, -0.15) is 0 Å². The van der Waals surface area contributed by atoms with Crippen LogP contribution < -0.4 is 4.74 Å². The second-order valence-corrected chi connectivity index (χ2v) is 16.9. The molecule has 1 aliphatic heterocycles. The standard InChI is InChI=1S/C58H36N4O2/c1-2-15-35(16-3-1)55-59-56(61-57(60-55)42-21-14-20-41-40-19-6-11-26-51(40)64-54(41)42)36-29-31-37(32-30-36)62-49-25-10-5-18-39(49)44-33-43-38-17-4-7-22-45(38)58(48(43)34-50(44)62)46-23-8-12-27-52(46)63-53-28-13-9-24-47(53)58/h1-12,14-27,29-34H,13,28H2. The van der Waals surface area contributed by atoms with E-state index in [-0.39, 0.29) is 0 Å². The van der Waals surface area contributed by atoms with E-state index >= 15 is 0 Å². The summed E-state index contributed by atoms with van der Waals surface area (Å²) in [5, 5.41) is 4.52. The lowest BCUT2D eigenvalue weighted by atomic mass is 9.64. The van der Waals surface area contributed by atoms with Crippen LogP contribution in [0.1, 0.15) is 29.5 Å². The molecule has 14 rings (SSSR count). The van der Waals surface area contributed by atoms with E-state index in [0.29, 0.717) is 17.5 Å². The first kappa shape index (κ1) is 35.3. The molecule has 3 aromatic heterocycles. The predicted octanol–water partition coefficient (Wildman–Crippen LogP) is 14.2. The molecule has 2 aliphatic carbocycles. The highest BCUT2D eigenvalue weighted by atomic mass is 16.5. The smallest absolute Gasteiger partial charge is 0.167 e. The summed E-state index contributed by atoms with van der Waals surface area (Å²) in [6, 6.07) is 64.3. The maximum atomic E-state index is 6.73. The van der Waals surface area contributed by atoms with Crippen molar-refractivity contribution in [1.82, 2.24) is 19.5 Å². The van der Waals surface area contributed by atoms with E-state index in [1.807, 2.05) is 60.7 Å². The number of allylic oxidation sites excluding steroid dienone is 4. The molecule has 6 heteroatoms. The van der Waals surface area contributed by atoms with E-state index < -0.39 is 5.41 Å². The van der Waals surface area contributed by atoms with E-state index in [1.54, 1.807) is 0 Å². The molecule has 1 spiro atoms. The van der Waals surface area contributed by atoms with Gasteiger partial charge in [-0.15, -0.1) is 0 Å². The highest BCUT2D eigenvalue weighted by molar-refractivity contribution is 6.12. The van der Waals surface area contributed by atoms with Gasteiger partial charge in [-0.05, 0) is 89.3 Å². The number of nitrogens with zero attached hydrogens (tertiary/aromatic N) is 4. The lowest BCUT2D eigenvalue weighted by molar-refractivity contribution is 0.364. The van der Waals surface area contributed by atoms with Gasteiger partial charge >= 0.3 is 0 Å². The Kier molecular flexibility index (Phi) is 7.34. The van der Waals surface area contributed by atoms with Gasteiger partial charge in [0.2, 0.25) is 0 Å². The number of benzene rings is 8. The summed E-state index contributed by atoms with van der Waals surface area (Å²) in [7, 11) is 0. The Morgan fingerprint density at radius 3 is 2.05 bits per heavy atom. The number of aromatic nitrogens is 4. The summed E-state index contributed by atoms with van der Waals surface area (Å²) < 4.78 is 15.6. The van der Waals surface area contributed by atoms with Gasteiger partial charge in [-0.3, -0.25) is 0 Å². The van der Waals surface area contributed by atoms with Crippen molar-refractivity contribution in [3.8, 4) is 56.7 Å². The van der Waals surface area contributed by atoms with Crippen molar-refractivity contribution in [1.29, 1.82) is 0 Å². The molecule has 0 radical (unpaired) electrons. The highest BCUT2D eigenvalue weighted by Gasteiger charge is 2.52. The molecule has 0 fully saturated rings. The Labute approximate surface area is 368 Å². The molecular formula is C58H36N4O2. The molecule has 6 nitrogen and oxygen atoms in total. The lowest BCUT2D eigenvalue weighted by Crippen LogP contribution is -2.35. The second-order valence-electron chi connectivity index (χ2n) is 16.9. The minimum absolute atomic E-state index is 0.522. The van der Waals surface area contributed by atoms with Crippen molar-refractivity contribution in [2.45, 2.75) is 18.3 Å². The highest BCUT2D eigenvalue weighted by Crippen LogP contribution is 2.62. The molecule has 0 amide bonds. The Morgan fingerprint density at radius 1 is 0.484 bits per heavy atom. The predicted molar refractivity (Wildman–Crippen MR) is 256 cm³/mol. The number of ether oxygens (including phenoxy) is 1. The average molecular weight is 821 g/mol. The molecule has 64 heavy (non-hydrogen) atoms. The van der Waals surface area contributed by atoms with Gasteiger partial charge in [-0.25, -0.2) is 15.0 Å². The fraction of sp³-hybridized carbons (Fsp3) is 0.0517. The van der Waals surface area contributed by atoms with Crippen molar-refractivity contribution >= 4 is 43.7 Å². The van der Waals surface area contributed by atoms with E-state index in [9.17, 15) is 0 Å². The van der Waals surface area contributed by atoms with Gasteiger partial charge in [0.1, 0.15) is 22.7 Å². The molecule has 1 atom stereocenters. The minimum Gasteiger partial charge on any atom is -0.461 e. The van der Waals surface area contributed by atoms with Crippen LogP contribution in [-0.4, -0.2) is 19.5 Å². The molecule has 0 saturated heterocycles. The molecule has 11 aromatic rings. The summed E-state index contributed by atoms with van der Waals surface area (Å²) >= 11 is 0. The summed E-state index contributed by atoms with van der Waals surface area (Å²) in [5.41, 5.74) is 14.6. The summed E-state index contributed by atoms with van der Waals surface area (Å²) in [4.78, 5) is 15.3. The van der Waals surface area contributed by atoms with Gasteiger partial charge in [0.15, 0.2) is 17.5 Å². The fourth-order valence-corrected chi connectivity index (χ4v) is 10.8. The Hall–Kier alpha value is -8.35. The first-order valence-electron chi connectivity index (χ1n) is 21.9. The molecule has 4 heterocycles. The zero-order valence-corrected chi connectivity index (χ0v) is 34.5. The Bertz CT molecular complexity index is 3820. The van der Waals surface area contributed by atoms with Crippen molar-refractivity contribution in [3.05, 3.63) is 222 Å². The molecule has 3 aliphatic rings. The number of hydrogen-bond donors (Lipinski definition) is 0.